The molecule has 0 amide bonds. The molecule has 0 aromatic heterocycles. The standard InChI is InChI=1S/C15H12N2/c1-2-9-17-15(11-16)14-8-7-12-5-3-4-6-13(12)10-14/h1,3-8,10,15,17H,9H2. The SMILES string of the molecule is C#CCNC(C#N)c1ccc2ccccc2c1. The van der Waals surface area contributed by atoms with Gasteiger partial charge in [0.15, 0.2) is 0 Å². The Kier molecular flexibility index (Phi) is 3.40. The van der Waals surface area contributed by atoms with E-state index in [4.69, 9.17) is 11.7 Å². The number of nitrogens with zero attached hydrogens (tertiary/aromatic N) is 1. The second kappa shape index (κ2) is 5.16. The Balaban J connectivity index is 2.35. The molecule has 0 radical (unpaired) electrons. The van der Waals surface area contributed by atoms with Gasteiger partial charge in [-0.1, -0.05) is 42.3 Å². The maximum atomic E-state index is 9.10. The lowest BCUT2D eigenvalue weighted by atomic mass is 10.0. The van der Waals surface area contributed by atoms with Crippen LogP contribution in [-0.2, 0) is 0 Å². The van der Waals surface area contributed by atoms with E-state index in [0.717, 1.165) is 10.9 Å². The van der Waals surface area contributed by atoms with Crippen molar-refractivity contribution in [1.29, 1.82) is 5.26 Å². The summed E-state index contributed by atoms with van der Waals surface area (Å²) in [4.78, 5) is 0. The van der Waals surface area contributed by atoms with E-state index in [-0.39, 0.29) is 6.04 Å². The zero-order valence-corrected chi connectivity index (χ0v) is 9.35. The zero-order valence-electron chi connectivity index (χ0n) is 9.35. The minimum Gasteiger partial charge on any atom is -0.287 e. The summed E-state index contributed by atoms with van der Waals surface area (Å²) in [5.74, 6) is 2.48. The fourth-order valence-electron chi connectivity index (χ4n) is 1.79. The molecule has 0 bridgehead atoms. The largest absolute Gasteiger partial charge is 0.287 e. The molecule has 2 heteroatoms. The third kappa shape index (κ3) is 2.45. The molecule has 1 atom stereocenters. The average Bonchev–Trinajstić information content (AvgIpc) is 2.39. The molecule has 0 saturated carbocycles. The van der Waals surface area contributed by atoms with Crippen molar-refractivity contribution in [2.45, 2.75) is 6.04 Å². The van der Waals surface area contributed by atoms with Gasteiger partial charge in [0, 0.05) is 0 Å². The van der Waals surface area contributed by atoms with E-state index in [1.54, 1.807) is 0 Å². The quantitative estimate of drug-likeness (QED) is 0.807. The first-order chi connectivity index (χ1) is 8.35. The fourth-order valence-corrected chi connectivity index (χ4v) is 1.79. The van der Waals surface area contributed by atoms with Crippen LogP contribution in [0.3, 0.4) is 0 Å². The van der Waals surface area contributed by atoms with Gasteiger partial charge in [0.25, 0.3) is 0 Å². The van der Waals surface area contributed by atoms with Crippen molar-refractivity contribution in [2.24, 2.45) is 0 Å². The number of hydrogen-bond donors (Lipinski definition) is 1. The van der Waals surface area contributed by atoms with Gasteiger partial charge in [-0.25, -0.2) is 0 Å². The lowest BCUT2D eigenvalue weighted by molar-refractivity contribution is 0.691. The number of fused-ring (bicyclic) bond motifs is 1. The summed E-state index contributed by atoms with van der Waals surface area (Å²) < 4.78 is 0. The summed E-state index contributed by atoms with van der Waals surface area (Å²) in [5, 5.41) is 14.4. The molecule has 2 nitrogen and oxygen atoms in total. The first-order valence-electron chi connectivity index (χ1n) is 5.40. The summed E-state index contributed by atoms with van der Waals surface area (Å²) in [7, 11) is 0. The van der Waals surface area contributed by atoms with E-state index in [0.29, 0.717) is 6.54 Å². The highest BCUT2D eigenvalue weighted by atomic mass is 14.9. The van der Waals surface area contributed by atoms with Crippen molar-refractivity contribution in [2.75, 3.05) is 6.54 Å². The lowest BCUT2D eigenvalue weighted by Gasteiger charge is -2.10. The Morgan fingerprint density at radius 2 is 1.94 bits per heavy atom. The first kappa shape index (κ1) is 11.2. The predicted molar refractivity (Wildman–Crippen MR) is 69.1 cm³/mol. The molecule has 2 aromatic rings. The van der Waals surface area contributed by atoms with Crippen LogP contribution >= 0.6 is 0 Å². The molecule has 0 spiro atoms. The van der Waals surface area contributed by atoms with E-state index < -0.39 is 0 Å². The highest BCUT2D eigenvalue weighted by Gasteiger charge is 2.08. The molecular weight excluding hydrogens is 208 g/mol. The third-order valence-corrected chi connectivity index (χ3v) is 2.64. The van der Waals surface area contributed by atoms with Crippen LogP contribution in [0.4, 0.5) is 0 Å². The van der Waals surface area contributed by atoms with Crippen LogP contribution in [-0.4, -0.2) is 6.54 Å². The monoisotopic (exact) mass is 220 g/mol. The summed E-state index contributed by atoms with van der Waals surface area (Å²) in [6.45, 7) is 0.394. The lowest BCUT2D eigenvalue weighted by Crippen LogP contribution is -2.19. The van der Waals surface area contributed by atoms with E-state index in [1.807, 2.05) is 36.4 Å². The molecule has 0 saturated heterocycles. The van der Waals surface area contributed by atoms with Crippen LogP contribution in [0.15, 0.2) is 42.5 Å². The smallest absolute Gasteiger partial charge is 0.122 e. The van der Waals surface area contributed by atoms with Crippen molar-refractivity contribution >= 4 is 10.8 Å². The van der Waals surface area contributed by atoms with E-state index in [2.05, 4.69) is 23.4 Å². The van der Waals surface area contributed by atoms with Gasteiger partial charge in [-0.15, -0.1) is 6.42 Å². The van der Waals surface area contributed by atoms with Gasteiger partial charge in [0.2, 0.25) is 0 Å². The van der Waals surface area contributed by atoms with Gasteiger partial charge in [-0.05, 0) is 22.4 Å². The minimum absolute atomic E-state index is 0.351. The molecular formula is C15H12N2. The maximum Gasteiger partial charge on any atom is 0.122 e. The zero-order chi connectivity index (χ0) is 12.1. The normalized spacial score (nSPS) is 11.6. The minimum atomic E-state index is -0.351. The van der Waals surface area contributed by atoms with Gasteiger partial charge < -0.3 is 0 Å². The summed E-state index contributed by atoms with van der Waals surface area (Å²) in [6.07, 6.45) is 5.18. The molecule has 0 aliphatic rings. The Bertz CT molecular complexity index is 602. The number of nitrogens with one attached hydrogen (secondary N) is 1. The molecule has 2 rings (SSSR count). The second-order valence-electron chi connectivity index (χ2n) is 3.75. The van der Waals surface area contributed by atoms with E-state index in [9.17, 15) is 0 Å². The van der Waals surface area contributed by atoms with Crippen LogP contribution in [0.5, 0.6) is 0 Å². The first-order valence-corrected chi connectivity index (χ1v) is 5.40. The molecule has 0 fully saturated rings. The van der Waals surface area contributed by atoms with E-state index >= 15 is 0 Å². The van der Waals surface area contributed by atoms with Crippen LogP contribution in [0, 0.1) is 23.7 Å². The molecule has 0 aliphatic carbocycles. The van der Waals surface area contributed by atoms with Crippen molar-refractivity contribution in [3.63, 3.8) is 0 Å². The number of hydrogen-bond acceptors (Lipinski definition) is 2. The molecule has 17 heavy (non-hydrogen) atoms. The van der Waals surface area contributed by atoms with Crippen molar-refractivity contribution in [1.82, 2.24) is 5.32 Å². The number of nitriles is 1. The second-order valence-corrected chi connectivity index (χ2v) is 3.75. The summed E-state index contributed by atoms with van der Waals surface area (Å²) >= 11 is 0. The van der Waals surface area contributed by atoms with Crippen LogP contribution in [0.1, 0.15) is 11.6 Å². The molecule has 0 heterocycles. The van der Waals surface area contributed by atoms with Gasteiger partial charge in [0.05, 0.1) is 12.6 Å². The topological polar surface area (TPSA) is 35.8 Å². The van der Waals surface area contributed by atoms with Gasteiger partial charge in [-0.2, -0.15) is 5.26 Å². The molecule has 2 aromatic carbocycles. The highest BCUT2D eigenvalue weighted by molar-refractivity contribution is 5.83. The highest BCUT2D eigenvalue weighted by Crippen LogP contribution is 2.19. The number of terminal acetylenes is 1. The number of benzene rings is 2. The molecule has 82 valence electrons. The predicted octanol–water partition coefficient (Wildman–Crippen LogP) is 2.63. The van der Waals surface area contributed by atoms with Gasteiger partial charge in [0.1, 0.15) is 6.04 Å². The Labute approximate surface area is 101 Å². The van der Waals surface area contributed by atoms with Crippen LogP contribution in [0.25, 0.3) is 10.8 Å². The van der Waals surface area contributed by atoms with Crippen molar-refractivity contribution in [3.8, 4) is 18.4 Å². The van der Waals surface area contributed by atoms with Gasteiger partial charge >= 0.3 is 0 Å². The van der Waals surface area contributed by atoms with Crippen LogP contribution in [0.2, 0.25) is 0 Å². The maximum absolute atomic E-state index is 9.10. The van der Waals surface area contributed by atoms with Crippen molar-refractivity contribution in [3.05, 3.63) is 48.0 Å². The molecule has 1 N–H and O–H groups in total. The fraction of sp³-hybridized carbons (Fsp3) is 0.133. The Hall–Kier alpha value is -2.29. The molecule has 0 aliphatic heterocycles. The Morgan fingerprint density at radius 1 is 1.18 bits per heavy atom. The van der Waals surface area contributed by atoms with Gasteiger partial charge in [-0.3, -0.25) is 5.32 Å². The summed E-state index contributed by atoms with van der Waals surface area (Å²) in [5.41, 5.74) is 0.946. The molecule has 1 unspecified atom stereocenters. The number of rotatable bonds is 3. The van der Waals surface area contributed by atoms with E-state index in [1.165, 1.54) is 5.39 Å². The average molecular weight is 220 g/mol. The van der Waals surface area contributed by atoms with Crippen LogP contribution < -0.4 is 5.32 Å². The summed E-state index contributed by atoms with van der Waals surface area (Å²) in [6, 6.07) is 15.9. The Morgan fingerprint density at radius 3 is 2.65 bits per heavy atom. The third-order valence-electron chi connectivity index (χ3n) is 2.64. The van der Waals surface area contributed by atoms with Crippen molar-refractivity contribution < 1.29 is 0 Å².